The highest BCUT2D eigenvalue weighted by atomic mass is 16.4. The van der Waals surface area contributed by atoms with Gasteiger partial charge in [-0.25, -0.2) is 0 Å². The fraction of sp³-hybridized carbons (Fsp3) is 0.556. The Balaban J connectivity index is 0. The number of carbonyl (C=O) groups excluding carboxylic acids is 2. The van der Waals surface area contributed by atoms with Gasteiger partial charge in [0.2, 0.25) is 5.91 Å². The largest absolute Gasteiger partial charge is 0.394 e. The first-order valence-electron chi connectivity index (χ1n) is 4.52. The van der Waals surface area contributed by atoms with Gasteiger partial charge < -0.3 is 36.1 Å². The summed E-state index contributed by atoms with van der Waals surface area (Å²) in [4.78, 5) is 19.4. The number of aliphatic hydroxyl groups excluding tert-OH is 5. The number of aldehydes is 1. The van der Waals surface area contributed by atoms with Crippen LogP contribution in [0.15, 0.2) is 12.7 Å². The summed E-state index contributed by atoms with van der Waals surface area (Å²) < 4.78 is 0. The zero-order chi connectivity index (χ0) is 14.0. The number of primary amides is 1. The van der Waals surface area contributed by atoms with E-state index in [1.807, 2.05) is 0 Å². The minimum atomic E-state index is -1.79. The molecule has 0 saturated carbocycles. The minimum Gasteiger partial charge on any atom is -0.394 e. The predicted molar refractivity (Wildman–Crippen MR) is 56.6 cm³/mol. The van der Waals surface area contributed by atoms with Crippen molar-refractivity contribution in [3.8, 4) is 0 Å². The molecule has 0 aromatic rings. The van der Waals surface area contributed by atoms with Crippen LogP contribution in [0.2, 0.25) is 0 Å². The van der Waals surface area contributed by atoms with Gasteiger partial charge in [0, 0.05) is 0 Å². The summed E-state index contributed by atoms with van der Waals surface area (Å²) in [6.45, 7) is 2.33. The molecule has 0 aromatic heterocycles. The van der Waals surface area contributed by atoms with Gasteiger partial charge in [-0.2, -0.15) is 0 Å². The Labute approximate surface area is 97.6 Å². The van der Waals surface area contributed by atoms with Crippen molar-refractivity contribution in [3.05, 3.63) is 12.7 Å². The monoisotopic (exact) mass is 251 g/mol. The molecule has 1 amide bonds. The second-order valence-electron chi connectivity index (χ2n) is 2.96. The molecule has 0 rings (SSSR count). The molecule has 0 unspecified atom stereocenters. The fourth-order valence-electron chi connectivity index (χ4n) is 0.618. The quantitative estimate of drug-likeness (QED) is 0.209. The lowest BCUT2D eigenvalue weighted by molar-refractivity contribution is -0.136. The lowest BCUT2D eigenvalue weighted by Crippen LogP contribution is -2.46. The Hall–Kier alpha value is -1.32. The van der Waals surface area contributed by atoms with E-state index in [2.05, 4.69) is 12.3 Å². The zero-order valence-corrected chi connectivity index (χ0v) is 9.01. The van der Waals surface area contributed by atoms with Crippen molar-refractivity contribution in [2.45, 2.75) is 24.4 Å². The molecule has 4 atom stereocenters. The predicted octanol–water partition coefficient (Wildman–Crippen LogP) is -3.72. The molecular weight excluding hydrogens is 234 g/mol. The first-order chi connectivity index (χ1) is 7.81. The summed E-state index contributed by atoms with van der Waals surface area (Å²) >= 11 is 0. The third-order valence-electron chi connectivity index (χ3n) is 1.62. The third-order valence-corrected chi connectivity index (χ3v) is 1.62. The molecule has 7 N–H and O–H groups in total. The molecule has 0 aliphatic rings. The maximum atomic E-state index is 9.90. The summed E-state index contributed by atoms with van der Waals surface area (Å²) in [6.07, 6.45) is -5.78. The molecule has 0 saturated heterocycles. The first kappa shape index (κ1) is 18.1. The number of rotatable bonds is 6. The van der Waals surface area contributed by atoms with E-state index in [0.29, 0.717) is 0 Å². The Kier molecular flexibility index (Phi) is 10.5. The second kappa shape index (κ2) is 9.87. The first-order valence-corrected chi connectivity index (χ1v) is 4.52. The number of amides is 1. The van der Waals surface area contributed by atoms with Crippen LogP contribution in [0.3, 0.4) is 0 Å². The van der Waals surface area contributed by atoms with Crippen molar-refractivity contribution < 1.29 is 35.1 Å². The van der Waals surface area contributed by atoms with Crippen LogP contribution in [0.5, 0.6) is 0 Å². The average molecular weight is 251 g/mol. The van der Waals surface area contributed by atoms with Gasteiger partial charge in [0.05, 0.1) is 6.61 Å². The Bertz CT molecular complexity index is 245. The summed E-state index contributed by atoms with van der Waals surface area (Å²) in [6, 6.07) is 0. The highest BCUT2D eigenvalue weighted by Gasteiger charge is 2.29. The van der Waals surface area contributed by atoms with Crippen LogP contribution >= 0.6 is 0 Å². The van der Waals surface area contributed by atoms with E-state index in [1.54, 1.807) is 0 Å². The molecule has 0 aliphatic heterocycles. The summed E-state index contributed by atoms with van der Waals surface area (Å²) in [5.74, 6) is -0.481. The van der Waals surface area contributed by atoms with E-state index in [0.717, 1.165) is 6.08 Å². The van der Waals surface area contributed by atoms with Gasteiger partial charge in [0.25, 0.3) is 0 Å². The van der Waals surface area contributed by atoms with Crippen molar-refractivity contribution in [1.82, 2.24) is 0 Å². The molecule has 8 nitrogen and oxygen atoms in total. The molecule has 0 aromatic carbocycles. The standard InChI is InChI=1S/C6H12O6.C3H5NO/c7-1-3(9)5(11)6(12)4(10)2-8;1-2-3(4)5/h1,3-6,8-12H,2H2;2H,1H2,(H2,4,5)/t3-,4+,5-,6+;/m0./s1. The molecule has 0 bridgehead atoms. The topological polar surface area (TPSA) is 161 Å². The van der Waals surface area contributed by atoms with Crippen molar-refractivity contribution in [3.63, 3.8) is 0 Å². The van der Waals surface area contributed by atoms with Gasteiger partial charge in [-0.1, -0.05) is 6.58 Å². The Morgan fingerprint density at radius 2 is 1.65 bits per heavy atom. The molecule has 100 valence electrons. The molecule has 0 radical (unpaired) electrons. The summed E-state index contributed by atoms with van der Waals surface area (Å²) in [5, 5.41) is 43.5. The molecular formula is C9H17NO7. The van der Waals surface area contributed by atoms with Crippen molar-refractivity contribution in [2.75, 3.05) is 6.61 Å². The number of carbonyl (C=O) groups is 2. The molecule has 17 heavy (non-hydrogen) atoms. The van der Waals surface area contributed by atoms with Crippen molar-refractivity contribution in [1.29, 1.82) is 0 Å². The van der Waals surface area contributed by atoms with E-state index in [9.17, 15) is 9.59 Å². The fourth-order valence-corrected chi connectivity index (χ4v) is 0.618. The normalized spacial score (nSPS) is 16.8. The average Bonchev–Trinajstić information content (AvgIpc) is 2.35. The summed E-state index contributed by atoms with van der Waals surface area (Å²) in [5.41, 5.74) is 4.53. The number of hydrogen-bond donors (Lipinski definition) is 6. The van der Waals surface area contributed by atoms with E-state index < -0.39 is 36.9 Å². The number of hydrogen-bond acceptors (Lipinski definition) is 7. The van der Waals surface area contributed by atoms with E-state index in [-0.39, 0.29) is 6.29 Å². The smallest absolute Gasteiger partial charge is 0.240 e. The maximum absolute atomic E-state index is 9.90. The van der Waals surface area contributed by atoms with Gasteiger partial charge in [-0.05, 0) is 6.08 Å². The van der Waals surface area contributed by atoms with Crippen LogP contribution < -0.4 is 5.73 Å². The SMILES string of the molecule is C=CC(N)=O.O=C[C@H](O)[C@H](O)[C@H](O)[C@H](O)CO. The highest BCUT2D eigenvalue weighted by molar-refractivity contribution is 5.84. The molecule has 0 spiro atoms. The third kappa shape index (κ3) is 8.48. The van der Waals surface area contributed by atoms with E-state index in [4.69, 9.17) is 25.5 Å². The van der Waals surface area contributed by atoms with Crippen LogP contribution in [0, 0.1) is 0 Å². The Morgan fingerprint density at radius 3 is 1.88 bits per heavy atom. The molecule has 8 heteroatoms. The van der Waals surface area contributed by atoms with Crippen LogP contribution in [0.1, 0.15) is 0 Å². The second-order valence-corrected chi connectivity index (χ2v) is 2.96. The van der Waals surface area contributed by atoms with Gasteiger partial charge >= 0.3 is 0 Å². The Morgan fingerprint density at radius 1 is 1.24 bits per heavy atom. The van der Waals surface area contributed by atoms with E-state index in [1.165, 1.54) is 0 Å². The molecule has 0 heterocycles. The van der Waals surface area contributed by atoms with Crippen LogP contribution in [0.25, 0.3) is 0 Å². The van der Waals surface area contributed by atoms with Crippen LogP contribution in [-0.2, 0) is 9.59 Å². The highest BCUT2D eigenvalue weighted by Crippen LogP contribution is 2.02. The maximum Gasteiger partial charge on any atom is 0.240 e. The number of aliphatic hydroxyl groups is 5. The van der Waals surface area contributed by atoms with Gasteiger partial charge in [0.15, 0.2) is 6.29 Å². The van der Waals surface area contributed by atoms with Gasteiger partial charge in [0.1, 0.15) is 24.4 Å². The van der Waals surface area contributed by atoms with E-state index >= 15 is 0 Å². The zero-order valence-electron chi connectivity index (χ0n) is 9.01. The lowest BCUT2D eigenvalue weighted by atomic mass is 10.0. The van der Waals surface area contributed by atoms with Crippen molar-refractivity contribution in [2.24, 2.45) is 5.73 Å². The van der Waals surface area contributed by atoms with Crippen molar-refractivity contribution >= 4 is 12.2 Å². The van der Waals surface area contributed by atoms with Crippen LogP contribution in [-0.4, -0.2) is 68.7 Å². The summed E-state index contributed by atoms with van der Waals surface area (Å²) in [7, 11) is 0. The van der Waals surface area contributed by atoms with Crippen LogP contribution in [0.4, 0.5) is 0 Å². The van der Waals surface area contributed by atoms with Gasteiger partial charge in [-0.3, -0.25) is 4.79 Å². The minimum absolute atomic E-state index is 0.0258. The van der Waals surface area contributed by atoms with Gasteiger partial charge in [-0.15, -0.1) is 0 Å². The molecule has 0 fully saturated rings. The number of nitrogens with two attached hydrogens (primary N) is 1. The lowest BCUT2D eigenvalue weighted by Gasteiger charge is -2.22. The molecule has 0 aliphatic carbocycles.